The third kappa shape index (κ3) is 2.33. The topological polar surface area (TPSA) is 71.1 Å². The van der Waals surface area contributed by atoms with Gasteiger partial charge in [0.1, 0.15) is 11.5 Å². The number of methoxy groups -OCH3 is 4. The molecule has 0 aliphatic heterocycles. The van der Waals surface area contributed by atoms with E-state index in [1.165, 1.54) is 34.5 Å². The van der Waals surface area contributed by atoms with Crippen molar-refractivity contribution >= 4 is 23.2 Å². The summed E-state index contributed by atoms with van der Waals surface area (Å²) in [4.78, 5) is 26.6. The Hall–Kier alpha value is -2.73. The summed E-state index contributed by atoms with van der Waals surface area (Å²) in [5.74, 6) is 0.0530. The van der Waals surface area contributed by atoms with Gasteiger partial charge in [0.15, 0.2) is 17.3 Å². The second-order valence-electron chi connectivity index (χ2n) is 5.68. The molecule has 0 heterocycles. The molecule has 0 N–H and O–H groups in total. The van der Waals surface area contributed by atoms with Crippen LogP contribution in [0.3, 0.4) is 0 Å². The van der Waals surface area contributed by atoms with E-state index >= 15 is 0 Å². The van der Waals surface area contributed by atoms with Gasteiger partial charge >= 0.3 is 0 Å². The van der Waals surface area contributed by atoms with E-state index in [0.29, 0.717) is 5.56 Å². The van der Waals surface area contributed by atoms with Gasteiger partial charge < -0.3 is 18.9 Å². The maximum Gasteiger partial charge on any atom is 0.202 e. The lowest BCUT2D eigenvalue weighted by Gasteiger charge is -2.25. The number of ketones is 2. The van der Waals surface area contributed by atoms with E-state index in [1.807, 2.05) is 0 Å². The van der Waals surface area contributed by atoms with Gasteiger partial charge in [0, 0.05) is 6.07 Å². The fraction of sp³-hybridized carbons (Fsp3) is 0.263. The minimum Gasteiger partial charge on any atom is -0.496 e. The van der Waals surface area contributed by atoms with Crippen LogP contribution < -0.4 is 18.9 Å². The normalized spacial score (nSPS) is 12.4. The van der Waals surface area contributed by atoms with Gasteiger partial charge in [-0.15, -0.1) is 0 Å². The minimum atomic E-state index is -0.448. The molecule has 0 spiro atoms. The van der Waals surface area contributed by atoms with Crippen LogP contribution in [0.4, 0.5) is 0 Å². The highest BCUT2D eigenvalue weighted by atomic mass is 35.5. The number of rotatable bonds is 4. The van der Waals surface area contributed by atoms with Gasteiger partial charge in [-0.3, -0.25) is 9.59 Å². The summed E-state index contributed by atoms with van der Waals surface area (Å²) in [7, 11) is 5.68. The molecule has 0 atom stereocenters. The van der Waals surface area contributed by atoms with E-state index in [0.717, 1.165) is 0 Å². The summed E-state index contributed by atoms with van der Waals surface area (Å²) in [5, 5.41) is 0.202. The van der Waals surface area contributed by atoms with Crippen molar-refractivity contribution in [2.75, 3.05) is 28.4 Å². The number of carbonyl (C=O) groups is 2. The van der Waals surface area contributed by atoms with Gasteiger partial charge in [-0.05, 0) is 18.6 Å². The number of hydrogen-bond donors (Lipinski definition) is 0. The number of carbonyl (C=O) groups excluding carboxylic acids is 2. The molecule has 0 aromatic heterocycles. The lowest BCUT2D eigenvalue weighted by atomic mass is 9.81. The van der Waals surface area contributed by atoms with Gasteiger partial charge in [0.05, 0.1) is 55.7 Å². The van der Waals surface area contributed by atoms with Gasteiger partial charge in [-0.25, -0.2) is 0 Å². The van der Waals surface area contributed by atoms with Gasteiger partial charge in [0.2, 0.25) is 5.78 Å². The largest absolute Gasteiger partial charge is 0.496 e. The average molecular weight is 377 g/mol. The summed E-state index contributed by atoms with van der Waals surface area (Å²) >= 11 is 6.38. The van der Waals surface area contributed by atoms with E-state index in [4.69, 9.17) is 30.5 Å². The molecule has 6 nitrogen and oxygen atoms in total. The van der Waals surface area contributed by atoms with Crippen LogP contribution in [0.25, 0.3) is 0 Å². The smallest absolute Gasteiger partial charge is 0.202 e. The zero-order chi connectivity index (χ0) is 19.2. The Kier molecular flexibility index (Phi) is 4.54. The van der Waals surface area contributed by atoms with Crippen molar-refractivity contribution in [2.45, 2.75) is 6.92 Å². The Morgan fingerprint density at radius 3 is 1.73 bits per heavy atom. The third-order valence-electron chi connectivity index (χ3n) is 4.39. The molecule has 0 amide bonds. The molecule has 0 saturated carbocycles. The van der Waals surface area contributed by atoms with Crippen LogP contribution in [-0.2, 0) is 0 Å². The van der Waals surface area contributed by atoms with E-state index in [-0.39, 0.29) is 50.3 Å². The first-order valence-electron chi connectivity index (χ1n) is 7.70. The number of hydrogen-bond acceptors (Lipinski definition) is 6. The van der Waals surface area contributed by atoms with Crippen molar-refractivity contribution in [1.29, 1.82) is 0 Å². The first-order chi connectivity index (χ1) is 12.4. The molecule has 0 bridgehead atoms. The molecule has 2 aromatic carbocycles. The highest BCUT2D eigenvalue weighted by molar-refractivity contribution is 6.40. The van der Waals surface area contributed by atoms with Gasteiger partial charge in [-0.1, -0.05) is 11.6 Å². The molecule has 7 heteroatoms. The first kappa shape index (κ1) is 18.1. The van der Waals surface area contributed by atoms with Crippen molar-refractivity contribution < 1.29 is 28.5 Å². The summed E-state index contributed by atoms with van der Waals surface area (Å²) < 4.78 is 21.3. The fourth-order valence-electron chi connectivity index (χ4n) is 3.19. The van der Waals surface area contributed by atoms with E-state index in [9.17, 15) is 9.59 Å². The first-order valence-corrected chi connectivity index (χ1v) is 8.08. The Balaban J connectivity index is 2.48. The quantitative estimate of drug-likeness (QED) is 0.694. The standard InChI is InChI=1S/C19H17ClO6/c1-8-6-9(23-2)12-14(16(8)20)18(22)15-13(17(12)21)10(24-3)7-11(25-4)19(15)26-5/h6-7H,1-5H3. The van der Waals surface area contributed by atoms with E-state index in [2.05, 4.69) is 0 Å². The van der Waals surface area contributed by atoms with Crippen LogP contribution in [0.2, 0.25) is 5.02 Å². The minimum absolute atomic E-state index is 0.0655. The van der Waals surface area contributed by atoms with Crippen LogP contribution in [0.1, 0.15) is 37.4 Å². The van der Waals surface area contributed by atoms with E-state index in [1.54, 1.807) is 13.0 Å². The molecule has 0 fully saturated rings. The number of ether oxygens (including phenoxy) is 4. The number of benzene rings is 2. The molecule has 0 saturated heterocycles. The van der Waals surface area contributed by atoms with Gasteiger partial charge in [0.25, 0.3) is 0 Å². The molecule has 0 radical (unpaired) electrons. The fourth-order valence-corrected chi connectivity index (χ4v) is 3.42. The summed E-state index contributed by atoms with van der Waals surface area (Å²) in [6.07, 6.45) is 0. The van der Waals surface area contributed by atoms with Crippen LogP contribution in [0, 0.1) is 6.92 Å². The molecule has 2 aromatic rings. The second kappa shape index (κ2) is 6.53. The summed E-state index contributed by atoms with van der Waals surface area (Å²) in [5.41, 5.74) is 0.998. The van der Waals surface area contributed by atoms with Crippen LogP contribution >= 0.6 is 11.6 Å². The molecule has 1 aliphatic carbocycles. The zero-order valence-corrected chi connectivity index (χ0v) is 15.7. The highest BCUT2D eigenvalue weighted by Crippen LogP contribution is 2.47. The molecular formula is C19H17ClO6. The van der Waals surface area contributed by atoms with Crippen molar-refractivity contribution in [3.8, 4) is 23.0 Å². The monoisotopic (exact) mass is 376 g/mol. The summed E-state index contributed by atoms with van der Waals surface area (Å²) in [6.45, 7) is 1.74. The number of fused-ring (bicyclic) bond motifs is 2. The Bertz CT molecular complexity index is 948. The van der Waals surface area contributed by atoms with Gasteiger partial charge in [-0.2, -0.15) is 0 Å². The molecule has 0 unspecified atom stereocenters. The molecule has 1 aliphatic rings. The van der Waals surface area contributed by atoms with E-state index < -0.39 is 11.6 Å². The molecule has 26 heavy (non-hydrogen) atoms. The van der Waals surface area contributed by atoms with Crippen molar-refractivity contribution in [2.24, 2.45) is 0 Å². The number of halogens is 1. The predicted octanol–water partition coefficient (Wildman–Crippen LogP) is 3.46. The van der Waals surface area contributed by atoms with Crippen LogP contribution in [0.15, 0.2) is 12.1 Å². The Morgan fingerprint density at radius 2 is 1.19 bits per heavy atom. The summed E-state index contributed by atoms with van der Waals surface area (Å²) in [6, 6.07) is 3.14. The second-order valence-corrected chi connectivity index (χ2v) is 6.06. The lowest BCUT2D eigenvalue weighted by molar-refractivity contribution is 0.0970. The molecule has 3 rings (SSSR count). The van der Waals surface area contributed by atoms with Crippen molar-refractivity contribution in [1.82, 2.24) is 0 Å². The average Bonchev–Trinajstić information content (AvgIpc) is 2.65. The van der Waals surface area contributed by atoms with Crippen molar-refractivity contribution in [3.05, 3.63) is 45.0 Å². The zero-order valence-electron chi connectivity index (χ0n) is 15.0. The third-order valence-corrected chi connectivity index (χ3v) is 4.88. The van der Waals surface area contributed by atoms with Crippen LogP contribution in [0.5, 0.6) is 23.0 Å². The SMILES string of the molecule is COc1cc(OC)c2c(c1OC)C(=O)c1c(Cl)c(C)cc(OC)c1C2=O. The molecular weight excluding hydrogens is 360 g/mol. The highest BCUT2D eigenvalue weighted by Gasteiger charge is 2.40. The predicted molar refractivity (Wildman–Crippen MR) is 95.7 cm³/mol. The molecule has 136 valence electrons. The Morgan fingerprint density at radius 1 is 0.692 bits per heavy atom. The number of aryl methyl sites for hydroxylation is 1. The maximum absolute atomic E-state index is 13.3. The van der Waals surface area contributed by atoms with Crippen molar-refractivity contribution in [3.63, 3.8) is 0 Å². The lowest BCUT2D eigenvalue weighted by Crippen LogP contribution is -2.24. The Labute approximate surface area is 155 Å². The maximum atomic E-state index is 13.3. The van der Waals surface area contributed by atoms with Crippen LogP contribution in [-0.4, -0.2) is 40.0 Å².